The lowest BCUT2D eigenvalue weighted by Crippen LogP contribution is -2.46. The minimum Gasteiger partial charge on any atom is -0.494 e. The molecule has 1 saturated carbocycles. The van der Waals surface area contributed by atoms with Crippen LogP contribution in [0.4, 0.5) is 9.59 Å². The topological polar surface area (TPSA) is 117 Å². The van der Waals surface area contributed by atoms with E-state index in [1.807, 2.05) is 36.4 Å². The fourth-order valence-corrected chi connectivity index (χ4v) is 6.72. The van der Waals surface area contributed by atoms with Crippen molar-refractivity contribution in [1.82, 2.24) is 15.5 Å². The molecule has 0 radical (unpaired) electrons. The first-order chi connectivity index (χ1) is 25.5. The quantitative estimate of drug-likeness (QED) is 0.113. The Kier molecular flexibility index (Phi) is 19.0. The van der Waals surface area contributed by atoms with Crippen molar-refractivity contribution in [2.24, 2.45) is 0 Å². The van der Waals surface area contributed by atoms with Gasteiger partial charge in [-0.2, -0.15) is 0 Å². The number of methoxy groups -OCH3 is 1. The zero-order valence-corrected chi connectivity index (χ0v) is 31.8. The monoisotopic (exact) mass is 725 g/mol. The summed E-state index contributed by atoms with van der Waals surface area (Å²) in [6.45, 7) is 9.82. The number of nitrogens with zero attached hydrogens (tertiary/aromatic N) is 1. The van der Waals surface area contributed by atoms with Crippen LogP contribution in [0.1, 0.15) is 95.6 Å². The highest BCUT2D eigenvalue weighted by atomic mass is 16.6. The standard InChI is InChI=1S/C41H63N3O8/c1-4-6-26-48-34-17-14-32(15-18-34)21-29-51-40(45)42-23-10-11-24-43-41(46)52-38-19-16-33(30-39(38)47-3)22-28-50-37-13-9-8-12-36(37)44-25-20-35(31-44)49-27-7-5-2/h14-19,30,35-37H,4-13,20-29,31H2,1-3H3,(H,42,45)(H,43,46)/t35-,36?,37+/m1/s1. The van der Waals surface area contributed by atoms with E-state index in [2.05, 4.69) is 29.4 Å². The molecular weight excluding hydrogens is 662 g/mol. The number of rotatable bonds is 23. The zero-order valence-electron chi connectivity index (χ0n) is 31.8. The summed E-state index contributed by atoms with van der Waals surface area (Å²) in [5, 5.41) is 5.52. The second-order valence-corrected chi connectivity index (χ2v) is 13.8. The van der Waals surface area contributed by atoms with E-state index >= 15 is 0 Å². The van der Waals surface area contributed by atoms with Crippen molar-refractivity contribution in [3.63, 3.8) is 0 Å². The van der Waals surface area contributed by atoms with Gasteiger partial charge >= 0.3 is 12.2 Å². The zero-order chi connectivity index (χ0) is 36.8. The molecule has 1 aliphatic heterocycles. The van der Waals surface area contributed by atoms with Crippen LogP contribution >= 0.6 is 0 Å². The van der Waals surface area contributed by atoms with Gasteiger partial charge in [-0.05, 0) is 86.8 Å². The minimum absolute atomic E-state index is 0.246. The van der Waals surface area contributed by atoms with Gasteiger partial charge in [0.1, 0.15) is 5.75 Å². The predicted octanol–water partition coefficient (Wildman–Crippen LogP) is 7.47. The molecule has 1 unspecified atom stereocenters. The van der Waals surface area contributed by atoms with E-state index in [9.17, 15) is 9.59 Å². The van der Waals surface area contributed by atoms with E-state index in [1.165, 1.54) is 25.7 Å². The molecule has 2 aromatic carbocycles. The number of unbranched alkanes of at least 4 members (excludes halogenated alkanes) is 3. The first kappa shape index (κ1) is 41.2. The Morgan fingerprint density at radius 1 is 0.750 bits per heavy atom. The third-order valence-corrected chi connectivity index (χ3v) is 9.77. The lowest BCUT2D eigenvalue weighted by atomic mass is 9.91. The average Bonchev–Trinajstić information content (AvgIpc) is 3.63. The van der Waals surface area contributed by atoms with Crippen molar-refractivity contribution in [3.8, 4) is 17.2 Å². The first-order valence-corrected chi connectivity index (χ1v) is 19.7. The fourth-order valence-electron chi connectivity index (χ4n) is 6.72. The Morgan fingerprint density at radius 2 is 1.46 bits per heavy atom. The van der Waals surface area contributed by atoms with E-state index < -0.39 is 12.2 Å². The molecule has 0 aromatic heterocycles. The van der Waals surface area contributed by atoms with Gasteiger partial charge in [-0.15, -0.1) is 0 Å². The van der Waals surface area contributed by atoms with Gasteiger partial charge in [0.05, 0.1) is 39.1 Å². The summed E-state index contributed by atoms with van der Waals surface area (Å²) in [5.74, 6) is 1.72. The molecule has 1 saturated heterocycles. The SMILES string of the molecule is CCCCOc1ccc(CCOC(=O)NCCCCNC(=O)Oc2ccc(CCO[C@H]3CCCCC3N3CC[C@@H](OCCCC)C3)cc2OC)cc1. The molecule has 2 fully saturated rings. The number of hydrogen-bond donors (Lipinski definition) is 2. The van der Waals surface area contributed by atoms with Gasteiger partial charge in [0.2, 0.25) is 0 Å². The molecule has 3 atom stereocenters. The van der Waals surface area contributed by atoms with Crippen molar-refractivity contribution < 1.29 is 38.0 Å². The Bertz CT molecular complexity index is 1310. The van der Waals surface area contributed by atoms with E-state index in [0.717, 1.165) is 81.7 Å². The Hall–Kier alpha value is -3.54. The third-order valence-electron chi connectivity index (χ3n) is 9.77. The molecule has 11 nitrogen and oxygen atoms in total. The summed E-state index contributed by atoms with van der Waals surface area (Å²) >= 11 is 0. The molecule has 2 N–H and O–H groups in total. The lowest BCUT2D eigenvalue weighted by Gasteiger charge is -2.37. The summed E-state index contributed by atoms with van der Waals surface area (Å²) in [4.78, 5) is 27.1. The number of carbonyl (C=O) groups excluding carboxylic acids is 2. The van der Waals surface area contributed by atoms with Crippen LogP contribution < -0.4 is 24.8 Å². The molecule has 1 heterocycles. The second-order valence-electron chi connectivity index (χ2n) is 13.8. The van der Waals surface area contributed by atoms with Crippen LogP contribution in [0.15, 0.2) is 42.5 Å². The highest BCUT2D eigenvalue weighted by Crippen LogP contribution is 2.31. The molecule has 2 aliphatic rings. The third kappa shape index (κ3) is 14.8. The van der Waals surface area contributed by atoms with Crippen LogP contribution in [-0.2, 0) is 27.1 Å². The number of benzene rings is 2. The Morgan fingerprint density at radius 3 is 2.23 bits per heavy atom. The van der Waals surface area contributed by atoms with Crippen LogP contribution in [0.3, 0.4) is 0 Å². The van der Waals surface area contributed by atoms with Crippen LogP contribution in [0, 0.1) is 0 Å². The number of amides is 2. The first-order valence-electron chi connectivity index (χ1n) is 19.7. The molecule has 11 heteroatoms. The maximum absolute atomic E-state index is 12.5. The maximum atomic E-state index is 12.5. The van der Waals surface area contributed by atoms with Crippen molar-refractivity contribution in [2.75, 3.05) is 59.7 Å². The summed E-state index contributed by atoms with van der Waals surface area (Å²) in [6, 6.07) is 14.0. The van der Waals surface area contributed by atoms with Gasteiger partial charge in [-0.25, -0.2) is 9.59 Å². The van der Waals surface area contributed by atoms with E-state index in [0.29, 0.717) is 69.2 Å². The molecule has 1 aliphatic carbocycles. The summed E-state index contributed by atoms with van der Waals surface area (Å²) in [7, 11) is 1.57. The molecule has 0 bridgehead atoms. The number of ether oxygens (including phenoxy) is 6. The van der Waals surface area contributed by atoms with Crippen molar-refractivity contribution >= 4 is 12.2 Å². The minimum atomic E-state index is -0.550. The summed E-state index contributed by atoms with van der Waals surface area (Å²) in [5.41, 5.74) is 2.14. The highest BCUT2D eigenvalue weighted by molar-refractivity contribution is 5.71. The van der Waals surface area contributed by atoms with Crippen molar-refractivity contribution in [1.29, 1.82) is 0 Å². The van der Waals surface area contributed by atoms with Crippen LogP contribution in [0.5, 0.6) is 17.2 Å². The van der Waals surface area contributed by atoms with Gasteiger partial charge < -0.3 is 39.1 Å². The molecule has 4 rings (SSSR count). The van der Waals surface area contributed by atoms with E-state index in [1.54, 1.807) is 13.2 Å². The normalized spacial score (nSPS) is 18.9. The molecule has 0 spiro atoms. The molecule has 290 valence electrons. The number of carbonyl (C=O) groups is 2. The van der Waals surface area contributed by atoms with Gasteiger partial charge in [-0.3, -0.25) is 4.90 Å². The van der Waals surface area contributed by atoms with Crippen LogP contribution in [0.2, 0.25) is 0 Å². The van der Waals surface area contributed by atoms with Crippen molar-refractivity contribution in [3.05, 3.63) is 53.6 Å². The number of hydrogen-bond acceptors (Lipinski definition) is 9. The molecule has 52 heavy (non-hydrogen) atoms. The fraction of sp³-hybridized carbons (Fsp3) is 0.659. The Balaban J connectivity index is 1.06. The lowest BCUT2D eigenvalue weighted by molar-refractivity contribution is -0.0345. The Labute approximate surface area is 311 Å². The molecule has 2 amide bonds. The molecular formula is C41H63N3O8. The van der Waals surface area contributed by atoms with E-state index in [4.69, 9.17) is 28.4 Å². The number of likely N-dealkylation sites (tertiary alicyclic amines) is 1. The van der Waals surface area contributed by atoms with Gasteiger partial charge in [0.25, 0.3) is 0 Å². The number of nitrogens with one attached hydrogen (secondary N) is 2. The summed E-state index contributed by atoms with van der Waals surface area (Å²) in [6.07, 6.45) is 12.6. The van der Waals surface area contributed by atoms with Crippen LogP contribution in [0.25, 0.3) is 0 Å². The molecule has 2 aromatic rings. The van der Waals surface area contributed by atoms with Gasteiger partial charge in [0.15, 0.2) is 11.5 Å². The van der Waals surface area contributed by atoms with Gasteiger partial charge in [-0.1, -0.05) is 57.7 Å². The van der Waals surface area contributed by atoms with Crippen molar-refractivity contribution in [2.45, 2.75) is 116 Å². The smallest absolute Gasteiger partial charge is 0.412 e. The maximum Gasteiger partial charge on any atom is 0.412 e. The second kappa shape index (κ2) is 23.9. The van der Waals surface area contributed by atoms with Crippen LogP contribution in [-0.4, -0.2) is 95.1 Å². The van der Waals surface area contributed by atoms with Gasteiger partial charge in [0, 0.05) is 45.2 Å². The summed E-state index contributed by atoms with van der Waals surface area (Å²) < 4.78 is 34.7. The number of alkyl carbamates (subject to hydrolysis) is 1. The highest BCUT2D eigenvalue weighted by Gasteiger charge is 2.35. The average molecular weight is 726 g/mol. The van der Waals surface area contributed by atoms with E-state index in [-0.39, 0.29) is 6.10 Å². The largest absolute Gasteiger partial charge is 0.494 e. The predicted molar refractivity (Wildman–Crippen MR) is 203 cm³/mol.